The number of hydrogen-bond acceptors (Lipinski definition) is 4. The predicted molar refractivity (Wildman–Crippen MR) is 224 cm³/mol. The van der Waals surface area contributed by atoms with Crippen LogP contribution in [-0.4, -0.2) is 19.9 Å². The van der Waals surface area contributed by atoms with E-state index in [-0.39, 0.29) is 20.1 Å². The Kier molecular flexibility index (Phi) is 10.4. The minimum Gasteiger partial charge on any atom is -0.304 e. The molecule has 4 nitrogen and oxygen atoms in total. The minimum atomic E-state index is 0. The fraction of sp³-hybridized carbons (Fsp3) is 0. The Hall–Kier alpha value is -6.65. The third-order valence-corrected chi connectivity index (χ3v) is 9.60. The van der Waals surface area contributed by atoms with E-state index in [1.54, 1.807) is 0 Å². The van der Waals surface area contributed by atoms with Crippen LogP contribution in [-0.2, 0) is 20.1 Å². The molecule has 0 N–H and O–H groups in total. The van der Waals surface area contributed by atoms with Crippen LogP contribution in [0.4, 0.5) is 0 Å². The summed E-state index contributed by atoms with van der Waals surface area (Å²) in [6, 6.07) is 64.3. The molecule has 0 saturated carbocycles. The summed E-state index contributed by atoms with van der Waals surface area (Å²) in [6.07, 6.45) is 7.40. The van der Waals surface area contributed by atoms with E-state index in [0.29, 0.717) is 0 Å². The average Bonchev–Trinajstić information content (AvgIpc) is 3.27. The third-order valence-electron chi connectivity index (χ3n) is 9.60. The predicted octanol–water partition coefficient (Wildman–Crippen LogP) is 12.5. The molecule has 11 rings (SSSR count). The van der Waals surface area contributed by atoms with Gasteiger partial charge in [-0.1, -0.05) is 109 Å². The van der Waals surface area contributed by atoms with E-state index in [0.717, 1.165) is 43.6 Å². The van der Waals surface area contributed by atoms with Crippen molar-refractivity contribution >= 4 is 65.2 Å². The van der Waals surface area contributed by atoms with Crippen LogP contribution in [0.1, 0.15) is 0 Å². The first-order valence-corrected chi connectivity index (χ1v) is 17.9. The third kappa shape index (κ3) is 7.19. The summed E-state index contributed by atoms with van der Waals surface area (Å²) in [5.41, 5.74) is 8.71. The molecule has 263 valence electrons. The Morgan fingerprint density at radius 1 is 0.309 bits per heavy atom. The first kappa shape index (κ1) is 35.4. The van der Waals surface area contributed by atoms with Crippen LogP contribution < -0.4 is 0 Å². The van der Waals surface area contributed by atoms with Gasteiger partial charge in [0.25, 0.3) is 0 Å². The van der Waals surface area contributed by atoms with Gasteiger partial charge >= 0.3 is 0 Å². The van der Waals surface area contributed by atoms with Crippen molar-refractivity contribution in [3.8, 4) is 22.3 Å². The molecule has 1 radical (unpaired) electrons. The second kappa shape index (κ2) is 16.2. The largest absolute Gasteiger partial charge is 0.304 e. The number of benzene rings is 7. The van der Waals surface area contributed by atoms with Gasteiger partial charge in [0, 0.05) is 55.7 Å². The van der Waals surface area contributed by atoms with Crippen LogP contribution in [0.25, 0.3) is 87.4 Å². The van der Waals surface area contributed by atoms with E-state index < -0.39 is 0 Å². The standard InChI is InChI=1S/C24H16N2.2C13H8N.Ir/c1-3-7-17(8-4-1)19-13-15-25-23-21(19)11-12-22-20(14-16-26-24(22)23)18-9-5-2-6-10-18;2*1-2-6-12-10(4-1)7-8-11-5-3-9-14-13(11)12;/h1-16H;2*1-5,7-9H;/q;2*-1;. The van der Waals surface area contributed by atoms with Gasteiger partial charge < -0.3 is 9.97 Å². The number of hydrogen-bond donors (Lipinski definition) is 0. The molecule has 5 heteroatoms. The first-order chi connectivity index (χ1) is 26.8. The molecule has 0 aliphatic carbocycles. The zero-order chi connectivity index (χ0) is 36.1. The van der Waals surface area contributed by atoms with E-state index in [4.69, 9.17) is 0 Å². The van der Waals surface area contributed by atoms with Crippen molar-refractivity contribution < 1.29 is 20.1 Å². The number of aromatic nitrogens is 4. The molecule has 4 aromatic heterocycles. The summed E-state index contributed by atoms with van der Waals surface area (Å²) >= 11 is 0. The molecule has 7 aromatic carbocycles. The summed E-state index contributed by atoms with van der Waals surface area (Å²) in [7, 11) is 0. The van der Waals surface area contributed by atoms with Crippen LogP contribution in [0.3, 0.4) is 0 Å². The number of rotatable bonds is 2. The van der Waals surface area contributed by atoms with Gasteiger partial charge in [-0.05, 0) is 68.3 Å². The Balaban J connectivity index is 0.000000125. The molecule has 0 bridgehead atoms. The molecule has 0 aliphatic heterocycles. The summed E-state index contributed by atoms with van der Waals surface area (Å²) in [5.74, 6) is 0. The van der Waals surface area contributed by atoms with E-state index in [9.17, 15) is 0 Å². The average molecular weight is 881 g/mol. The fourth-order valence-corrected chi connectivity index (χ4v) is 7.04. The van der Waals surface area contributed by atoms with Gasteiger partial charge in [0.05, 0.1) is 11.0 Å². The van der Waals surface area contributed by atoms with Crippen molar-refractivity contribution in [2.75, 3.05) is 0 Å². The van der Waals surface area contributed by atoms with Gasteiger partial charge in [-0.15, -0.1) is 70.1 Å². The SMILES string of the molecule is [Ir].[c-]1cccc2ccc3cccnc3c12.[c-]1cccc2ccc3cccnc3c12.c1ccc(-c2ccnc3c2ccc2c(-c4ccccc4)ccnc23)cc1. The van der Waals surface area contributed by atoms with Crippen molar-refractivity contribution in [1.29, 1.82) is 0 Å². The molecule has 0 amide bonds. The van der Waals surface area contributed by atoms with Crippen LogP contribution in [0, 0.1) is 12.1 Å². The zero-order valence-corrected chi connectivity index (χ0v) is 32.0. The molecule has 0 aliphatic rings. The molecular weight excluding hydrogens is 849 g/mol. The van der Waals surface area contributed by atoms with Crippen molar-refractivity contribution in [1.82, 2.24) is 19.9 Å². The molecular formula is C50H32IrN4-2. The van der Waals surface area contributed by atoms with Crippen molar-refractivity contribution in [2.45, 2.75) is 0 Å². The van der Waals surface area contributed by atoms with Crippen molar-refractivity contribution in [2.24, 2.45) is 0 Å². The van der Waals surface area contributed by atoms with E-state index in [1.807, 2.05) is 73.3 Å². The van der Waals surface area contributed by atoms with Gasteiger partial charge in [0.2, 0.25) is 0 Å². The summed E-state index contributed by atoms with van der Waals surface area (Å²) in [4.78, 5) is 18.1. The summed E-state index contributed by atoms with van der Waals surface area (Å²) in [5, 5.41) is 9.19. The summed E-state index contributed by atoms with van der Waals surface area (Å²) in [6.45, 7) is 0. The number of fused-ring (bicyclic) bond motifs is 9. The number of pyridine rings is 4. The topological polar surface area (TPSA) is 51.6 Å². The van der Waals surface area contributed by atoms with Gasteiger partial charge in [0.15, 0.2) is 0 Å². The van der Waals surface area contributed by atoms with Crippen LogP contribution in [0.2, 0.25) is 0 Å². The monoisotopic (exact) mass is 881 g/mol. The minimum absolute atomic E-state index is 0. The van der Waals surface area contributed by atoms with Crippen molar-refractivity contribution in [3.05, 3.63) is 207 Å². The normalized spacial score (nSPS) is 10.8. The second-order valence-electron chi connectivity index (χ2n) is 12.9. The molecule has 55 heavy (non-hydrogen) atoms. The van der Waals surface area contributed by atoms with E-state index in [2.05, 4.69) is 153 Å². The van der Waals surface area contributed by atoms with Gasteiger partial charge in [-0.25, -0.2) is 0 Å². The Morgan fingerprint density at radius 3 is 1.16 bits per heavy atom. The van der Waals surface area contributed by atoms with Crippen LogP contribution >= 0.6 is 0 Å². The smallest absolute Gasteiger partial charge is 0.0970 e. The molecule has 0 saturated heterocycles. The zero-order valence-electron chi connectivity index (χ0n) is 29.6. The molecule has 0 unspecified atom stereocenters. The fourth-order valence-electron chi connectivity index (χ4n) is 7.04. The van der Waals surface area contributed by atoms with Gasteiger partial charge in [0.1, 0.15) is 0 Å². The van der Waals surface area contributed by atoms with Gasteiger partial charge in [-0.2, -0.15) is 0 Å². The summed E-state index contributed by atoms with van der Waals surface area (Å²) < 4.78 is 0. The van der Waals surface area contributed by atoms with E-state index in [1.165, 1.54) is 43.8 Å². The Bertz CT molecular complexity index is 2740. The Morgan fingerprint density at radius 2 is 0.709 bits per heavy atom. The maximum absolute atomic E-state index is 4.67. The second-order valence-corrected chi connectivity index (χ2v) is 12.9. The molecule has 11 aromatic rings. The van der Waals surface area contributed by atoms with Crippen molar-refractivity contribution in [3.63, 3.8) is 0 Å². The van der Waals surface area contributed by atoms with Crippen LogP contribution in [0.15, 0.2) is 195 Å². The molecule has 0 spiro atoms. The van der Waals surface area contributed by atoms with Gasteiger partial charge in [-0.3, -0.25) is 9.97 Å². The quantitative estimate of drug-likeness (QED) is 0.128. The van der Waals surface area contributed by atoms with Crippen LogP contribution in [0.5, 0.6) is 0 Å². The molecule has 0 fully saturated rings. The maximum Gasteiger partial charge on any atom is 0.0970 e. The number of nitrogens with zero attached hydrogens (tertiary/aromatic N) is 4. The first-order valence-electron chi connectivity index (χ1n) is 17.9. The maximum atomic E-state index is 4.67. The molecule has 0 atom stereocenters. The molecule has 4 heterocycles. The Labute approximate surface area is 332 Å². The van der Waals surface area contributed by atoms with E-state index >= 15 is 0 Å².